The monoisotopic (exact) mass is 127 g/mol. The van der Waals surface area contributed by atoms with E-state index in [1.807, 2.05) is 0 Å². The molecule has 51 valence electrons. The van der Waals surface area contributed by atoms with Gasteiger partial charge in [0.1, 0.15) is 6.23 Å². The summed E-state index contributed by atoms with van der Waals surface area (Å²) in [5.41, 5.74) is 5.26. The van der Waals surface area contributed by atoms with Crippen molar-refractivity contribution < 1.29 is 5.11 Å². The van der Waals surface area contributed by atoms with Gasteiger partial charge < -0.3 is 10.8 Å². The van der Waals surface area contributed by atoms with Gasteiger partial charge in [-0.25, -0.2) is 0 Å². The molecule has 0 aromatic rings. The summed E-state index contributed by atoms with van der Waals surface area (Å²) >= 11 is 0. The SMILES string of the molecule is C=CC(N)[N]C(O)C=C. The van der Waals surface area contributed by atoms with Gasteiger partial charge in [0, 0.05) is 0 Å². The second-order valence-electron chi connectivity index (χ2n) is 1.52. The van der Waals surface area contributed by atoms with Gasteiger partial charge in [0.2, 0.25) is 0 Å². The maximum atomic E-state index is 8.75. The van der Waals surface area contributed by atoms with Crippen LogP contribution in [0.25, 0.3) is 0 Å². The maximum Gasteiger partial charge on any atom is 0.140 e. The molecule has 0 bridgehead atoms. The topological polar surface area (TPSA) is 60.4 Å². The Morgan fingerprint density at radius 3 is 2.33 bits per heavy atom. The van der Waals surface area contributed by atoms with Crippen LogP contribution < -0.4 is 11.1 Å². The zero-order valence-electron chi connectivity index (χ0n) is 5.20. The van der Waals surface area contributed by atoms with E-state index in [0.717, 1.165) is 0 Å². The number of nitrogens with two attached hydrogens (primary N) is 1. The van der Waals surface area contributed by atoms with E-state index >= 15 is 0 Å². The Hall–Kier alpha value is -0.640. The van der Waals surface area contributed by atoms with Gasteiger partial charge in [-0.05, 0) is 6.08 Å². The first-order valence-corrected chi connectivity index (χ1v) is 2.59. The third kappa shape index (κ3) is 3.90. The molecule has 0 aliphatic carbocycles. The van der Waals surface area contributed by atoms with Crippen molar-refractivity contribution in [1.29, 1.82) is 0 Å². The second kappa shape index (κ2) is 4.26. The average molecular weight is 127 g/mol. The number of aliphatic hydroxyl groups is 1. The van der Waals surface area contributed by atoms with Crippen molar-refractivity contribution in [3.05, 3.63) is 25.3 Å². The highest BCUT2D eigenvalue weighted by molar-refractivity contribution is 4.85. The molecule has 3 heteroatoms. The van der Waals surface area contributed by atoms with Crippen LogP contribution in [0.4, 0.5) is 0 Å². The highest BCUT2D eigenvalue weighted by Gasteiger charge is 2.01. The fraction of sp³-hybridized carbons (Fsp3) is 0.333. The Morgan fingerprint density at radius 2 is 2.00 bits per heavy atom. The van der Waals surface area contributed by atoms with Crippen LogP contribution in [0.3, 0.4) is 0 Å². The molecule has 0 fully saturated rings. The Kier molecular flexibility index (Phi) is 3.96. The molecule has 9 heavy (non-hydrogen) atoms. The van der Waals surface area contributed by atoms with Crippen LogP contribution in [-0.4, -0.2) is 17.5 Å². The van der Waals surface area contributed by atoms with Crippen LogP contribution in [0.1, 0.15) is 0 Å². The lowest BCUT2D eigenvalue weighted by molar-refractivity contribution is 0.172. The van der Waals surface area contributed by atoms with Crippen LogP contribution in [0.15, 0.2) is 25.3 Å². The van der Waals surface area contributed by atoms with Gasteiger partial charge in [0.25, 0.3) is 0 Å². The highest BCUT2D eigenvalue weighted by Crippen LogP contribution is 1.82. The van der Waals surface area contributed by atoms with E-state index in [4.69, 9.17) is 10.8 Å². The van der Waals surface area contributed by atoms with E-state index in [1.54, 1.807) is 0 Å². The van der Waals surface area contributed by atoms with E-state index in [1.165, 1.54) is 12.2 Å². The lowest BCUT2D eigenvalue weighted by Gasteiger charge is -2.08. The molecule has 0 aromatic carbocycles. The number of rotatable bonds is 4. The molecule has 0 aliphatic heterocycles. The lowest BCUT2D eigenvalue weighted by atomic mass is 10.4. The van der Waals surface area contributed by atoms with Crippen molar-refractivity contribution in [2.75, 3.05) is 0 Å². The normalized spacial score (nSPS) is 16.2. The molecule has 2 atom stereocenters. The van der Waals surface area contributed by atoms with Crippen LogP contribution in [0, 0.1) is 0 Å². The van der Waals surface area contributed by atoms with Crippen molar-refractivity contribution in [3.63, 3.8) is 0 Å². The maximum absolute atomic E-state index is 8.75. The van der Waals surface area contributed by atoms with E-state index in [9.17, 15) is 0 Å². The van der Waals surface area contributed by atoms with Gasteiger partial charge in [-0.3, -0.25) is 0 Å². The number of nitrogens with zero attached hydrogens (tertiary/aromatic N) is 1. The minimum atomic E-state index is -0.877. The van der Waals surface area contributed by atoms with E-state index in [2.05, 4.69) is 18.5 Å². The van der Waals surface area contributed by atoms with Crippen LogP contribution >= 0.6 is 0 Å². The predicted octanol–water partition coefficient (Wildman–Crippen LogP) is -0.434. The van der Waals surface area contributed by atoms with Gasteiger partial charge in [-0.1, -0.05) is 12.7 Å². The van der Waals surface area contributed by atoms with E-state index in [0.29, 0.717) is 0 Å². The summed E-state index contributed by atoms with van der Waals surface area (Å²) in [7, 11) is 0. The molecule has 0 spiro atoms. The minimum Gasteiger partial charge on any atom is -0.373 e. The summed E-state index contributed by atoms with van der Waals surface area (Å²) in [6.45, 7) is 6.70. The molecular weight excluding hydrogens is 116 g/mol. The van der Waals surface area contributed by atoms with Gasteiger partial charge in [0.05, 0.1) is 6.17 Å². The van der Waals surface area contributed by atoms with Gasteiger partial charge in [0.15, 0.2) is 0 Å². The van der Waals surface area contributed by atoms with Gasteiger partial charge >= 0.3 is 0 Å². The summed E-state index contributed by atoms with van der Waals surface area (Å²) in [6.07, 6.45) is 1.35. The first-order valence-electron chi connectivity index (χ1n) is 2.59. The van der Waals surface area contributed by atoms with E-state index in [-0.39, 0.29) is 0 Å². The van der Waals surface area contributed by atoms with Crippen LogP contribution in [0.2, 0.25) is 0 Å². The van der Waals surface area contributed by atoms with Crippen molar-refractivity contribution in [2.24, 2.45) is 5.73 Å². The minimum absolute atomic E-state index is 0.502. The summed E-state index contributed by atoms with van der Waals surface area (Å²) in [5, 5.41) is 12.4. The van der Waals surface area contributed by atoms with Crippen molar-refractivity contribution in [2.45, 2.75) is 12.4 Å². The molecular formula is C6H11N2O. The fourth-order valence-corrected chi connectivity index (χ4v) is 0.298. The molecule has 3 nitrogen and oxygen atoms in total. The molecule has 0 saturated carbocycles. The largest absolute Gasteiger partial charge is 0.373 e. The number of hydrogen-bond donors (Lipinski definition) is 2. The predicted molar refractivity (Wildman–Crippen MR) is 36.5 cm³/mol. The Morgan fingerprint density at radius 1 is 1.44 bits per heavy atom. The van der Waals surface area contributed by atoms with Crippen molar-refractivity contribution in [1.82, 2.24) is 5.32 Å². The van der Waals surface area contributed by atoms with Gasteiger partial charge in [-0.2, -0.15) is 5.32 Å². The standard InChI is InChI=1S/C6H11N2O/c1-3-5(7)8-6(9)4-2/h3-6,9H,1-2,7H2. The zero-order valence-corrected chi connectivity index (χ0v) is 5.20. The Bertz CT molecular complexity index is 91.2. The molecule has 0 rings (SSSR count). The molecule has 0 heterocycles. The third-order valence-corrected chi connectivity index (χ3v) is 0.777. The number of hydrogen-bond acceptors (Lipinski definition) is 2. The second-order valence-corrected chi connectivity index (χ2v) is 1.52. The van der Waals surface area contributed by atoms with E-state index < -0.39 is 12.4 Å². The fourth-order valence-electron chi connectivity index (χ4n) is 0.298. The summed E-state index contributed by atoms with van der Waals surface area (Å²) in [4.78, 5) is 0. The Balaban J connectivity index is 3.45. The summed E-state index contributed by atoms with van der Waals surface area (Å²) in [5.74, 6) is 0. The molecule has 0 aromatic heterocycles. The lowest BCUT2D eigenvalue weighted by Crippen LogP contribution is -2.35. The quantitative estimate of drug-likeness (QED) is 0.503. The molecule has 0 aliphatic rings. The zero-order chi connectivity index (χ0) is 7.28. The van der Waals surface area contributed by atoms with Crippen LogP contribution in [0.5, 0.6) is 0 Å². The molecule has 1 radical (unpaired) electrons. The Labute approximate surface area is 54.9 Å². The summed E-state index contributed by atoms with van der Waals surface area (Å²) < 4.78 is 0. The molecule has 3 N–H and O–H groups in total. The first kappa shape index (κ1) is 8.36. The molecule has 0 saturated heterocycles. The van der Waals surface area contributed by atoms with Crippen LogP contribution in [-0.2, 0) is 0 Å². The molecule has 0 amide bonds. The number of aliphatic hydroxyl groups excluding tert-OH is 1. The molecule has 2 unspecified atom stereocenters. The smallest absolute Gasteiger partial charge is 0.140 e. The summed E-state index contributed by atoms with van der Waals surface area (Å²) in [6, 6.07) is 0. The highest BCUT2D eigenvalue weighted by atomic mass is 16.3. The third-order valence-electron chi connectivity index (χ3n) is 0.777. The van der Waals surface area contributed by atoms with Gasteiger partial charge in [-0.15, -0.1) is 6.58 Å². The average Bonchev–Trinajstić information content (AvgIpc) is 1.87. The first-order chi connectivity index (χ1) is 4.20. The van der Waals surface area contributed by atoms with Crippen molar-refractivity contribution >= 4 is 0 Å². The van der Waals surface area contributed by atoms with Crippen molar-refractivity contribution in [3.8, 4) is 0 Å².